The molecule has 0 amide bonds. The van der Waals surface area contributed by atoms with Crippen LogP contribution in [0.5, 0.6) is 0 Å². The van der Waals surface area contributed by atoms with E-state index in [-0.39, 0.29) is 16.8 Å². The van der Waals surface area contributed by atoms with E-state index < -0.39 is 5.92 Å². The van der Waals surface area contributed by atoms with Crippen LogP contribution >= 0.6 is 11.6 Å². The van der Waals surface area contributed by atoms with Crippen LogP contribution in [0.15, 0.2) is 24.5 Å². The summed E-state index contributed by atoms with van der Waals surface area (Å²) in [5.74, 6) is -2.35. The van der Waals surface area contributed by atoms with Crippen LogP contribution in [0.25, 0.3) is 16.9 Å². The van der Waals surface area contributed by atoms with Crippen molar-refractivity contribution in [3.63, 3.8) is 0 Å². The lowest BCUT2D eigenvalue weighted by Crippen LogP contribution is -2.36. The Morgan fingerprint density at radius 1 is 1.23 bits per heavy atom. The molecular formula is C16H15ClF2N6O. The maximum Gasteiger partial charge on any atom is 0.287 e. The molecule has 0 radical (unpaired) electrons. The van der Waals surface area contributed by atoms with Gasteiger partial charge in [-0.15, -0.1) is 5.10 Å². The normalized spacial score (nSPS) is 15.6. The third-order valence-corrected chi connectivity index (χ3v) is 4.31. The molecule has 136 valence electrons. The van der Waals surface area contributed by atoms with E-state index in [9.17, 15) is 8.78 Å². The Morgan fingerprint density at radius 2 is 2.00 bits per heavy atom. The van der Waals surface area contributed by atoms with Crippen molar-refractivity contribution in [2.45, 2.75) is 12.8 Å². The van der Waals surface area contributed by atoms with E-state index in [1.807, 2.05) is 0 Å². The van der Waals surface area contributed by atoms with Crippen LogP contribution in [0, 0.1) is 0 Å². The molecule has 3 aromatic rings. The van der Waals surface area contributed by atoms with Gasteiger partial charge in [0.05, 0.1) is 24.1 Å². The molecule has 0 unspecified atom stereocenters. The molecule has 1 fully saturated rings. The Bertz CT molecular complexity index is 952. The first-order valence-electron chi connectivity index (χ1n) is 8.02. The van der Waals surface area contributed by atoms with E-state index in [1.165, 1.54) is 16.9 Å². The van der Waals surface area contributed by atoms with Crippen LogP contribution in [0.1, 0.15) is 12.6 Å². The van der Waals surface area contributed by atoms with Crippen LogP contribution in [0.4, 0.5) is 14.6 Å². The van der Waals surface area contributed by atoms with Gasteiger partial charge in [0.25, 0.3) is 11.9 Å². The zero-order valence-electron chi connectivity index (χ0n) is 13.9. The summed E-state index contributed by atoms with van der Waals surface area (Å²) >= 11 is 6.03. The highest BCUT2D eigenvalue weighted by molar-refractivity contribution is 6.30. The van der Waals surface area contributed by atoms with Crippen LogP contribution in [0.3, 0.4) is 0 Å². The minimum absolute atomic E-state index is 0.0517. The molecule has 0 aromatic carbocycles. The summed E-state index contributed by atoms with van der Waals surface area (Å²) in [6, 6.07) is 2.81. The number of alkyl halides is 2. The first kappa shape index (κ1) is 17.0. The van der Waals surface area contributed by atoms with Crippen molar-refractivity contribution >= 4 is 28.3 Å². The van der Waals surface area contributed by atoms with Gasteiger partial charge in [-0.3, -0.25) is 0 Å². The Balaban J connectivity index is 1.88. The van der Waals surface area contributed by atoms with Crippen molar-refractivity contribution in [3.05, 3.63) is 35.4 Å². The predicted octanol–water partition coefficient (Wildman–Crippen LogP) is 2.81. The minimum Gasteiger partial charge on any atom is -0.378 e. The second-order valence-corrected chi connectivity index (χ2v) is 6.38. The molecule has 10 heteroatoms. The lowest BCUT2D eigenvalue weighted by molar-refractivity contribution is 0.0126. The Morgan fingerprint density at radius 3 is 2.73 bits per heavy atom. The molecule has 3 aromatic heterocycles. The van der Waals surface area contributed by atoms with E-state index in [4.69, 9.17) is 16.3 Å². The number of fused-ring (bicyclic) bond motifs is 1. The molecule has 0 aliphatic carbocycles. The average molecular weight is 381 g/mol. The van der Waals surface area contributed by atoms with Crippen molar-refractivity contribution in [3.8, 4) is 5.95 Å². The lowest BCUT2D eigenvalue weighted by Gasteiger charge is -2.26. The van der Waals surface area contributed by atoms with Gasteiger partial charge in [-0.1, -0.05) is 11.6 Å². The molecule has 1 aliphatic heterocycles. The van der Waals surface area contributed by atoms with Crippen LogP contribution in [0.2, 0.25) is 5.15 Å². The van der Waals surface area contributed by atoms with Crippen molar-refractivity contribution in [1.82, 2.24) is 24.7 Å². The number of rotatable bonds is 3. The number of hydrogen-bond acceptors (Lipinski definition) is 6. The number of anilines is 1. The second-order valence-electron chi connectivity index (χ2n) is 5.99. The summed E-state index contributed by atoms with van der Waals surface area (Å²) in [6.07, 6.45) is 2.91. The molecule has 0 atom stereocenters. The highest BCUT2D eigenvalue weighted by Crippen LogP contribution is 2.30. The molecule has 7 nitrogen and oxygen atoms in total. The van der Waals surface area contributed by atoms with E-state index >= 15 is 0 Å². The monoisotopic (exact) mass is 380 g/mol. The number of halogens is 3. The summed E-state index contributed by atoms with van der Waals surface area (Å²) in [6.45, 7) is 3.30. The average Bonchev–Trinajstić information content (AvgIpc) is 3.00. The van der Waals surface area contributed by atoms with Gasteiger partial charge in [-0.25, -0.2) is 15.0 Å². The fourth-order valence-corrected chi connectivity index (χ4v) is 2.98. The summed E-state index contributed by atoms with van der Waals surface area (Å²) in [5.41, 5.74) is 0.224. The molecule has 4 rings (SSSR count). The van der Waals surface area contributed by atoms with E-state index in [1.54, 1.807) is 12.3 Å². The molecular weight excluding hydrogens is 366 g/mol. The summed E-state index contributed by atoms with van der Waals surface area (Å²) in [5, 5.41) is 5.58. The van der Waals surface area contributed by atoms with Gasteiger partial charge >= 0.3 is 0 Å². The van der Waals surface area contributed by atoms with E-state index in [0.717, 1.165) is 12.3 Å². The number of pyridine rings is 1. The molecule has 0 bridgehead atoms. The van der Waals surface area contributed by atoms with Gasteiger partial charge in [-0.2, -0.15) is 13.5 Å². The summed E-state index contributed by atoms with van der Waals surface area (Å²) < 4.78 is 34.1. The topological polar surface area (TPSA) is 69.0 Å². The Kier molecular flexibility index (Phi) is 4.20. The zero-order chi connectivity index (χ0) is 18.3. The minimum atomic E-state index is -3.08. The van der Waals surface area contributed by atoms with Gasteiger partial charge in [0.15, 0.2) is 5.82 Å². The molecule has 0 saturated carbocycles. The van der Waals surface area contributed by atoms with Gasteiger partial charge < -0.3 is 9.64 Å². The fourth-order valence-electron chi connectivity index (χ4n) is 2.83. The number of nitrogens with zero attached hydrogens (tertiary/aromatic N) is 6. The van der Waals surface area contributed by atoms with Crippen molar-refractivity contribution in [2.75, 3.05) is 31.2 Å². The number of hydrogen-bond donors (Lipinski definition) is 0. The molecule has 1 aliphatic rings. The van der Waals surface area contributed by atoms with E-state index in [2.05, 4.69) is 25.0 Å². The quantitative estimate of drug-likeness (QED) is 0.651. The zero-order valence-corrected chi connectivity index (χ0v) is 14.6. The third-order valence-electron chi connectivity index (χ3n) is 4.11. The molecule has 0 spiro atoms. The number of morpholine rings is 1. The standard InChI is InChI=1S/C16H15ClF2N6O/c1-16(18,19)12-2-3-20-15(22-12)25-11-8-13(17)21-9-10(11)14(23-25)24-4-6-26-7-5-24/h2-3,8-9H,4-7H2,1H3. The first-order chi connectivity index (χ1) is 12.4. The van der Waals surface area contributed by atoms with Crippen molar-refractivity contribution < 1.29 is 13.5 Å². The van der Waals surface area contributed by atoms with Crippen molar-refractivity contribution in [2.24, 2.45) is 0 Å². The molecule has 0 N–H and O–H groups in total. The van der Waals surface area contributed by atoms with Crippen LogP contribution in [-0.2, 0) is 10.7 Å². The molecule has 1 saturated heterocycles. The maximum atomic E-state index is 13.7. The Hall–Kier alpha value is -2.39. The number of ether oxygens (including phenoxy) is 1. The fraction of sp³-hybridized carbons (Fsp3) is 0.375. The van der Waals surface area contributed by atoms with Crippen LogP contribution < -0.4 is 4.90 Å². The predicted molar refractivity (Wildman–Crippen MR) is 92.1 cm³/mol. The smallest absolute Gasteiger partial charge is 0.287 e. The van der Waals surface area contributed by atoms with E-state index in [0.29, 0.717) is 37.6 Å². The van der Waals surface area contributed by atoms with Crippen LogP contribution in [-0.4, -0.2) is 51.0 Å². The summed E-state index contributed by atoms with van der Waals surface area (Å²) in [4.78, 5) is 14.3. The first-order valence-corrected chi connectivity index (χ1v) is 8.40. The van der Waals surface area contributed by atoms with Gasteiger partial charge in [0.2, 0.25) is 0 Å². The van der Waals surface area contributed by atoms with Gasteiger partial charge in [-0.05, 0) is 6.07 Å². The SMILES string of the molecule is CC(F)(F)c1ccnc(-n2nc(N3CCOCC3)c3cnc(Cl)cc32)n1. The molecule has 26 heavy (non-hydrogen) atoms. The van der Waals surface area contributed by atoms with Crippen molar-refractivity contribution in [1.29, 1.82) is 0 Å². The second kappa shape index (κ2) is 6.40. The summed E-state index contributed by atoms with van der Waals surface area (Å²) in [7, 11) is 0. The highest BCUT2D eigenvalue weighted by Gasteiger charge is 2.28. The molecule has 4 heterocycles. The highest BCUT2D eigenvalue weighted by atomic mass is 35.5. The van der Waals surface area contributed by atoms with Gasteiger partial charge in [0, 0.05) is 38.5 Å². The van der Waals surface area contributed by atoms with Gasteiger partial charge in [0.1, 0.15) is 10.8 Å². The third kappa shape index (κ3) is 3.08. The largest absolute Gasteiger partial charge is 0.378 e. The number of aromatic nitrogens is 5. The lowest BCUT2D eigenvalue weighted by atomic mass is 10.2. The Labute approximate surface area is 152 Å². The maximum absolute atomic E-state index is 13.7.